The van der Waals surface area contributed by atoms with E-state index in [9.17, 15) is 10.4 Å². The fraction of sp³-hybridized carbons (Fsp3) is 0.286. The largest absolute Gasteiger partial charge is 0.390 e. The molecule has 4 aromatic carbocycles. The third kappa shape index (κ3) is 5.16. The van der Waals surface area contributed by atoms with Crippen molar-refractivity contribution in [1.82, 2.24) is 4.90 Å². The van der Waals surface area contributed by atoms with E-state index in [2.05, 4.69) is 95.9 Å². The van der Waals surface area contributed by atoms with Gasteiger partial charge in [0, 0.05) is 6.54 Å². The maximum Gasteiger partial charge on any atom is 0.126 e. The summed E-state index contributed by atoms with van der Waals surface area (Å²) in [5.74, 6) is 0.117. The van der Waals surface area contributed by atoms with E-state index in [1.54, 1.807) is 0 Å². The van der Waals surface area contributed by atoms with E-state index >= 15 is 0 Å². The minimum atomic E-state index is -0.796. The zero-order chi connectivity index (χ0) is 26.2. The molecule has 0 saturated heterocycles. The predicted molar refractivity (Wildman–Crippen MR) is 153 cm³/mol. The minimum Gasteiger partial charge on any atom is -0.390 e. The quantitative estimate of drug-likeness (QED) is 0.245. The molecule has 5 rings (SSSR count). The van der Waals surface area contributed by atoms with Crippen molar-refractivity contribution in [1.29, 1.82) is 5.26 Å². The van der Waals surface area contributed by atoms with E-state index < -0.39 is 17.7 Å². The van der Waals surface area contributed by atoms with Crippen molar-refractivity contribution in [3.8, 4) is 6.07 Å². The van der Waals surface area contributed by atoms with Crippen molar-refractivity contribution in [2.24, 2.45) is 5.92 Å². The molecule has 0 aliphatic heterocycles. The molecule has 1 aliphatic rings. The van der Waals surface area contributed by atoms with Gasteiger partial charge in [0.1, 0.15) is 6.04 Å². The van der Waals surface area contributed by atoms with Crippen LogP contribution in [0, 0.1) is 17.2 Å². The number of hydrogen-bond donors (Lipinski definition) is 1. The fourth-order valence-electron chi connectivity index (χ4n) is 6.31. The van der Waals surface area contributed by atoms with Crippen LogP contribution in [0.4, 0.5) is 0 Å². The molecular weight excluding hydrogens is 464 g/mol. The van der Waals surface area contributed by atoms with Gasteiger partial charge < -0.3 is 5.11 Å². The molecule has 1 N–H and O–H groups in total. The van der Waals surface area contributed by atoms with Crippen LogP contribution < -0.4 is 0 Å². The molecule has 38 heavy (non-hydrogen) atoms. The first-order valence-corrected chi connectivity index (χ1v) is 13.8. The topological polar surface area (TPSA) is 47.3 Å². The van der Waals surface area contributed by atoms with Crippen LogP contribution in [0.15, 0.2) is 121 Å². The highest BCUT2D eigenvalue weighted by Crippen LogP contribution is 2.45. The van der Waals surface area contributed by atoms with Crippen LogP contribution >= 0.6 is 0 Å². The first-order chi connectivity index (χ1) is 18.7. The van der Waals surface area contributed by atoms with E-state index in [0.717, 1.165) is 47.9 Å². The van der Waals surface area contributed by atoms with Crippen molar-refractivity contribution in [3.63, 3.8) is 0 Å². The number of benzene rings is 4. The summed E-state index contributed by atoms with van der Waals surface area (Å²) < 4.78 is 0. The van der Waals surface area contributed by atoms with Crippen LogP contribution in [0.5, 0.6) is 0 Å². The Morgan fingerprint density at radius 3 is 1.53 bits per heavy atom. The van der Waals surface area contributed by atoms with E-state index in [1.165, 1.54) is 6.42 Å². The van der Waals surface area contributed by atoms with Crippen molar-refractivity contribution < 1.29 is 5.11 Å². The average molecular weight is 501 g/mol. The molecule has 3 heteroatoms. The first-order valence-electron chi connectivity index (χ1n) is 13.8. The highest BCUT2D eigenvalue weighted by atomic mass is 16.3. The van der Waals surface area contributed by atoms with E-state index in [-0.39, 0.29) is 5.92 Å². The van der Waals surface area contributed by atoms with Crippen LogP contribution in [0.25, 0.3) is 0 Å². The van der Waals surface area contributed by atoms with Crippen LogP contribution in [-0.4, -0.2) is 22.2 Å². The summed E-state index contributed by atoms with van der Waals surface area (Å²) in [4.78, 5) is 2.27. The fourth-order valence-corrected chi connectivity index (χ4v) is 6.31. The van der Waals surface area contributed by atoms with Gasteiger partial charge in [0.2, 0.25) is 0 Å². The Hall–Kier alpha value is -3.71. The lowest BCUT2D eigenvalue weighted by molar-refractivity contribution is -0.0122. The van der Waals surface area contributed by atoms with E-state index in [0.29, 0.717) is 6.54 Å². The van der Waals surface area contributed by atoms with Crippen LogP contribution in [-0.2, 0) is 12.1 Å². The average Bonchev–Trinajstić information content (AvgIpc) is 3.00. The number of hydrogen-bond acceptors (Lipinski definition) is 3. The zero-order valence-corrected chi connectivity index (χ0v) is 21.9. The number of aliphatic hydroxyl groups excluding tert-OH is 1. The zero-order valence-electron chi connectivity index (χ0n) is 21.9. The number of nitrogens with zero attached hydrogens (tertiary/aromatic N) is 2. The van der Waals surface area contributed by atoms with Crippen LogP contribution in [0.1, 0.15) is 54.4 Å². The molecule has 1 saturated carbocycles. The number of aliphatic hydroxyl groups is 1. The molecule has 0 aromatic heterocycles. The van der Waals surface area contributed by atoms with Crippen molar-refractivity contribution >= 4 is 0 Å². The predicted octanol–water partition coefficient (Wildman–Crippen LogP) is 7.31. The van der Waals surface area contributed by atoms with E-state index in [1.807, 2.05) is 36.4 Å². The van der Waals surface area contributed by atoms with Crippen molar-refractivity contribution in [3.05, 3.63) is 144 Å². The minimum absolute atomic E-state index is 0.117. The van der Waals surface area contributed by atoms with Crippen LogP contribution in [0.2, 0.25) is 0 Å². The molecule has 2 atom stereocenters. The Balaban J connectivity index is 1.79. The smallest absolute Gasteiger partial charge is 0.126 e. The first kappa shape index (κ1) is 25.9. The summed E-state index contributed by atoms with van der Waals surface area (Å²) in [6, 6.07) is 43.6. The van der Waals surface area contributed by atoms with Gasteiger partial charge in [-0.15, -0.1) is 0 Å². The maximum atomic E-state index is 11.9. The number of rotatable bonds is 9. The van der Waals surface area contributed by atoms with Gasteiger partial charge in [-0.2, -0.15) is 5.26 Å². The van der Waals surface area contributed by atoms with Crippen molar-refractivity contribution in [2.45, 2.75) is 56.3 Å². The summed E-state index contributed by atoms with van der Waals surface area (Å²) in [6.45, 7) is 0.515. The molecule has 0 radical (unpaired) electrons. The molecule has 1 fully saturated rings. The molecule has 0 amide bonds. The lowest BCUT2D eigenvalue weighted by Gasteiger charge is -2.49. The van der Waals surface area contributed by atoms with Crippen molar-refractivity contribution in [2.75, 3.05) is 0 Å². The van der Waals surface area contributed by atoms with Gasteiger partial charge in [-0.1, -0.05) is 141 Å². The van der Waals surface area contributed by atoms with Gasteiger partial charge in [-0.25, -0.2) is 0 Å². The normalized spacial score (nSPS) is 16.0. The molecule has 0 heterocycles. The molecule has 0 spiro atoms. The Bertz CT molecular complexity index is 1200. The summed E-state index contributed by atoms with van der Waals surface area (Å²) in [5, 5.41) is 22.7. The molecule has 1 aliphatic carbocycles. The summed E-state index contributed by atoms with van der Waals surface area (Å²) in [7, 11) is 0. The van der Waals surface area contributed by atoms with Gasteiger partial charge in [0.25, 0.3) is 0 Å². The van der Waals surface area contributed by atoms with Crippen LogP contribution in [0.3, 0.4) is 0 Å². The summed E-state index contributed by atoms with van der Waals surface area (Å²) in [5.41, 5.74) is 3.53. The Labute approximate surface area is 227 Å². The molecule has 0 bridgehead atoms. The lowest BCUT2D eigenvalue weighted by Crippen LogP contribution is -2.57. The second-order valence-electron chi connectivity index (χ2n) is 10.4. The van der Waals surface area contributed by atoms with Gasteiger partial charge in [0.05, 0.1) is 17.7 Å². The highest BCUT2D eigenvalue weighted by molar-refractivity contribution is 5.50. The second kappa shape index (κ2) is 12.2. The molecule has 4 aromatic rings. The summed E-state index contributed by atoms with van der Waals surface area (Å²) >= 11 is 0. The monoisotopic (exact) mass is 500 g/mol. The van der Waals surface area contributed by atoms with Gasteiger partial charge >= 0.3 is 0 Å². The van der Waals surface area contributed by atoms with Gasteiger partial charge in [-0.3, -0.25) is 4.90 Å². The maximum absolute atomic E-state index is 11.9. The summed E-state index contributed by atoms with van der Waals surface area (Å²) in [6.07, 6.45) is 4.61. The van der Waals surface area contributed by atoms with E-state index in [4.69, 9.17) is 0 Å². The Morgan fingerprint density at radius 1 is 0.684 bits per heavy atom. The lowest BCUT2D eigenvalue weighted by atomic mass is 9.73. The highest BCUT2D eigenvalue weighted by Gasteiger charge is 2.48. The Kier molecular flexibility index (Phi) is 8.34. The van der Waals surface area contributed by atoms with Gasteiger partial charge in [0.15, 0.2) is 0 Å². The molecule has 192 valence electrons. The standard InChI is InChI=1S/C35H36N2O/c36-26-33(34(38)29-18-8-2-9-19-29)37(27-28-16-6-1-7-17-28)35(30-20-10-3-11-21-30,31-22-12-4-13-23-31)32-24-14-5-15-25-32/h1,3-7,10-17,20-25,29,33-34,38H,2,8-9,18-19,27H2/t33-,34+/m1/s1. The molecule has 3 nitrogen and oxygen atoms in total. The third-order valence-electron chi connectivity index (χ3n) is 8.13. The second-order valence-corrected chi connectivity index (χ2v) is 10.4. The SMILES string of the molecule is N#C[C@H]([C@@H](O)C1CCCCC1)N(Cc1ccccc1)C(c1ccccc1)(c1ccccc1)c1ccccc1. The number of nitriles is 1. The molecule has 0 unspecified atom stereocenters. The molecular formula is C35H36N2O. The third-order valence-corrected chi connectivity index (χ3v) is 8.13. The Morgan fingerprint density at radius 2 is 1.11 bits per heavy atom. The van der Waals surface area contributed by atoms with Gasteiger partial charge in [-0.05, 0) is 41.0 Å².